The first-order chi connectivity index (χ1) is 10.1. The highest BCUT2D eigenvalue weighted by Gasteiger charge is 2.70. The molecule has 6 heteroatoms. The van der Waals surface area contributed by atoms with E-state index in [1.54, 1.807) is 0 Å². The van der Waals surface area contributed by atoms with E-state index >= 15 is 0 Å². The third-order valence-electron chi connectivity index (χ3n) is 5.09. The zero-order chi connectivity index (χ0) is 16.3. The van der Waals surface area contributed by atoms with Gasteiger partial charge in [-0.3, -0.25) is 4.79 Å². The van der Waals surface area contributed by atoms with Crippen LogP contribution in [0.1, 0.15) is 31.7 Å². The van der Waals surface area contributed by atoms with Crippen molar-refractivity contribution < 1.29 is 18.0 Å². The Hall–Kier alpha value is -1.56. The van der Waals surface area contributed by atoms with Crippen molar-refractivity contribution in [2.75, 3.05) is 0 Å². The van der Waals surface area contributed by atoms with Crippen LogP contribution in [-0.2, 0) is 4.79 Å². The molecule has 22 heavy (non-hydrogen) atoms. The van der Waals surface area contributed by atoms with Crippen LogP contribution in [-0.4, -0.2) is 23.7 Å². The molecule has 1 amide bonds. The van der Waals surface area contributed by atoms with E-state index < -0.39 is 23.5 Å². The Morgan fingerprint density at radius 2 is 1.86 bits per heavy atom. The smallest absolute Gasteiger partial charge is 0.351 e. The molecule has 3 rings (SSSR count). The van der Waals surface area contributed by atoms with E-state index in [1.807, 2.05) is 44.2 Å². The van der Waals surface area contributed by atoms with Crippen molar-refractivity contribution in [1.29, 1.82) is 0 Å². The highest BCUT2D eigenvalue weighted by atomic mass is 19.4. The summed E-state index contributed by atoms with van der Waals surface area (Å²) < 4.78 is 38.0. The summed E-state index contributed by atoms with van der Waals surface area (Å²) in [4.78, 5) is 12.2. The van der Waals surface area contributed by atoms with Gasteiger partial charge >= 0.3 is 6.18 Å². The molecule has 2 aliphatic carbocycles. The first-order valence-corrected chi connectivity index (χ1v) is 7.30. The molecule has 0 bridgehead atoms. The number of halogens is 3. The van der Waals surface area contributed by atoms with Crippen LogP contribution in [0.2, 0.25) is 0 Å². The average Bonchev–Trinajstić information content (AvgIpc) is 3.26. The van der Waals surface area contributed by atoms with Crippen LogP contribution in [0.5, 0.6) is 0 Å². The summed E-state index contributed by atoms with van der Waals surface area (Å²) in [5.41, 5.74) is 4.74. The van der Waals surface area contributed by atoms with Crippen LogP contribution in [0.4, 0.5) is 13.2 Å². The zero-order valence-electron chi connectivity index (χ0n) is 12.4. The van der Waals surface area contributed by atoms with Gasteiger partial charge in [-0.05, 0) is 17.4 Å². The number of nitrogens with one attached hydrogen (secondary N) is 1. The van der Waals surface area contributed by atoms with E-state index in [2.05, 4.69) is 5.32 Å². The largest absolute Gasteiger partial charge is 0.394 e. The van der Waals surface area contributed by atoms with E-state index in [0.29, 0.717) is 0 Å². The lowest BCUT2D eigenvalue weighted by Gasteiger charge is -2.14. The molecule has 2 aliphatic rings. The molecule has 3 N–H and O–H groups in total. The Labute approximate surface area is 127 Å². The molecule has 0 aliphatic heterocycles. The molecule has 4 atom stereocenters. The summed E-state index contributed by atoms with van der Waals surface area (Å²) in [7, 11) is 0. The highest BCUT2D eigenvalue weighted by molar-refractivity contribution is 5.90. The lowest BCUT2D eigenvalue weighted by Crippen LogP contribution is -2.48. The van der Waals surface area contributed by atoms with Gasteiger partial charge in [0.1, 0.15) is 5.54 Å². The van der Waals surface area contributed by atoms with Crippen LogP contribution in [0.25, 0.3) is 0 Å². The second kappa shape index (κ2) is 4.47. The lowest BCUT2D eigenvalue weighted by atomic mass is 10.0. The number of carbonyl (C=O) groups is 1. The maximum absolute atomic E-state index is 12.7. The number of hydrogen-bond donors (Lipinski definition) is 2. The van der Waals surface area contributed by atoms with Crippen LogP contribution in [0, 0.1) is 11.3 Å². The number of carbonyl (C=O) groups excluding carboxylic acids is 1. The molecule has 0 spiro atoms. The van der Waals surface area contributed by atoms with Crippen LogP contribution < -0.4 is 11.1 Å². The molecule has 0 saturated heterocycles. The Morgan fingerprint density at radius 3 is 2.36 bits per heavy atom. The molecule has 0 unspecified atom stereocenters. The predicted molar refractivity (Wildman–Crippen MR) is 76.0 cm³/mol. The number of nitrogens with two attached hydrogens (primary N) is 1. The molecule has 0 radical (unpaired) electrons. The second-order valence-corrected chi connectivity index (χ2v) is 7.00. The van der Waals surface area contributed by atoms with Gasteiger partial charge in [-0.1, -0.05) is 44.2 Å². The van der Waals surface area contributed by atoms with Crippen LogP contribution in [0.15, 0.2) is 30.3 Å². The van der Waals surface area contributed by atoms with Gasteiger partial charge in [0.15, 0.2) is 0 Å². The third kappa shape index (κ3) is 2.29. The van der Waals surface area contributed by atoms with Crippen molar-refractivity contribution >= 4 is 5.91 Å². The molecule has 3 nitrogen and oxygen atoms in total. The molecule has 0 aromatic heterocycles. The Kier molecular flexibility index (Phi) is 3.12. The van der Waals surface area contributed by atoms with Crippen LogP contribution in [0.3, 0.4) is 0 Å². The predicted octanol–water partition coefficient (Wildman–Crippen LogP) is 2.57. The molecular weight excluding hydrogens is 293 g/mol. The molecular formula is C16H19F3N2O. The SMILES string of the molecule is CC1(C)[C@@H](NC(=O)[C@@]2(N)C[C@H]2C(F)(F)F)[C@@H]1c1ccccc1. The maximum Gasteiger partial charge on any atom is 0.394 e. The standard InChI is InChI=1S/C16H19F3N2O/c1-14(2)11(9-6-4-3-5-7-9)12(14)21-13(22)15(20)8-10(15)16(17,18)19/h3-7,10-12H,8,20H2,1-2H3,(H,21,22)/t10-,11+,12+,15-/m1/s1. The molecule has 1 aromatic carbocycles. The molecule has 0 heterocycles. The quantitative estimate of drug-likeness (QED) is 0.901. The topological polar surface area (TPSA) is 55.1 Å². The van der Waals surface area contributed by atoms with Gasteiger partial charge in [-0.25, -0.2) is 0 Å². The molecule has 2 saturated carbocycles. The van der Waals surface area contributed by atoms with Crippen molar-refractivity contribution in [2.24, 2.45) is 17.1 Å². The Bertz CT molecular complexity index is 599. The number of rotatable bonds is 3. The maximum atomic E-state index is 12.7. The van der Waals surface area contributed by atoms with Crippen molar-refractivity contribution in [3.63, 3.8) is 0 Å². The number of alkyl halides is 3. The van der Waals surface area contributed by atoms with Crippen molar-refractivity contribution in [1.82, 2.24) is 5.32 Å². The van der Waals surface area contributed by atoms with Gasteiger partial charge in [0.05, 0.1) is 5.92 Å². The van der Waals surface area contributed by atoms with E-state index in [9.17, 15) is 18.0 Å². The van der Waals surface area contributed by atoms with Crippen molar-refractivity contribution in [3.8, 4) is 0 Å². The first-order valence-electron chi connectivity index (χ1n) is 7.30. The summed E-state index contributed by atoms with van der Waals surface area (Å²) in [5.74, 6) is -2.31. The zero-order valence-corrected chi connectivity index (χ0v) is 12.4. The van der Waals surface area contributed by atoms with Gasteiger partial charge in [0.25, 0.3) is 0 Å². The molecule has 2 fully saturated rings. The summed E-state index contributed by atoms with van der Waals surface area (Å²) in [6.07, 6.45) is -4.74. The summed E-state index contributed by atoms with van der Waals surface area (Å²) in [6, 6.07) is 9.47. The lowest BCUT2D eigenvalue weighted by molar-refractivity contribution is -0.156. The Morgan fingerprint density at radius 1 is 1.27 bits per heavy atom. The summed E-state index contributed by atoms with van der Waals surface area (Å²) in [5, 5.41) is 2.73. The fourth-order valence-corrected chi connectivity index (χ4v) is 3.40. The monoisotopic (exact) mass is 312 g/mol. The van der Waals surface area contributed by atoms with E-state index in [0.717, 1.165) is 5.56 Å². The van der Waals surface area contributed by atoms with Gasteiger partial charge in [-0.2, -0.15) is 13.2 Å². The molecule has 1 aromatic rings. The van der Waals surface area contributed by atoms with E-state index in [-0.39, 0.29) is 23.8 Å². The molecule has 120 valence electrons. The number of hydrogen-bond acceptors (Lipinski definition) is 2. The minimum Gasteiger partial charge on any atom is -0.351 e. The second-order valence-electron chi connectivity index (χ2n) is 7.00. The van der Waals surface area contributed by atoms with Crippen molar-refractivity contribution in [2.45, 2.75) is 43.9 Å². The van der Waals surface area contributed by atoms with Crippen molar-refractivity contribution in [3.05, 3.63) is 35.9 Å². The normalized spacial score (nSPS) is 35.8. The van der Waals surface area contributed by atoms with E-state index in [1.165, 1.54) is 0 Å². The van der Waals surface area contributed by atoms with Gasteiger partial charge < -0.3 is 11.1 Å². The minimum atomic E-state index is -4.41. The van der Waals surface area contributed by atoms with Crippen LogP contribution >= 0.6 is 0 Å². The first kappa shape index (κ1) is 15.3. The Balaban J connectivity index is 1.69. The van der Waals surface area contributed by atoms with Gasteiger partial charge in [0, 0.05) is 12.0 Å². The average molecular weight is 312 g/mol. The number of benzene rings is 1. The fourth-order valence-electron chi connectivity index (χ4n) is 3.40. The summed E-state index contributed by atoms with van der Waals surface area (Å²) >= 11 is 0. The number of amides is 1. The van der Waals surface area contributed by atoms with Gasteiger partial charge in [0.2, 0.25) is 5.91 Å². The fraction of sp³-hybridized carbons (Fsp3) is 0.562. The minimum absolute atomic E-state index is 0.101. The third-order valence-corrected chi connectivity index (χ3v) is 5.09. The highest BCUT2D eigenvalue weighted by Crippen LogP contribution is 2.59. The summed E-state index contributed by atoms with van der Waals surface area (Å²) in [6.45, 7) is 3.99. The van der Waals surface area contributed by atoms with E-state index in [4.69, 9.17) is 5.73 Å². The van der Waals surface area contributed by atoms with Gasteiger partial charge in [-0.15, -0.1) is 0 Å².